The van der Waals surface area contributed by atoms with Gasteiger partial charge in [-0.15, -0.1) is 0 Å². The monoisotopic (exact) mass is 246 g/mol. The highest BCUT2D eigenvalue weighted by Crippen LogP contribution is 2.26. The second kappa shape index (κ2) is 5.37. The molecule has 0 aliphatic carbocycles. The van der Waals surface area contributed by atoms with E-state index >= 15 is 0 Å². The molecule has 1 aromatic rings. The summed E-state index contributed by atoms with van der Waals surface area (Å²) >= 11 is 5.90. The van der Waals surface area contributed by atoms with Crippen molar-refractivity contribution in [3.8, 4) is 0 Å². The van der Waals surface area contributed by atoms with Crippen LogP contribution in [0.25, 0.3) is 0 Å². The van der Waals surface area contributed by atoms with Crippen LogP contribution in [0.2, 0.25) is 5.02 Å². The number of hydrogen-bond acceptors (Lipinski definition) is 3. The van der Waals surface area contributed by atoms with E-state index in [4.69, 9.17) is 17.3 Å². The molecule has 5 heteroatoms. The number of anilines is 2. The summed E-state index contributed by atoms with van der Waals surface area (Å²) in [5.41, 5.74) is 8.22. The highest BCUT2D eigenvalue weighted by molar-refractivity contribution is 7.84. The predicted octanol–water partition coefficient (Wildman–Crippen LogP) is 2.02. The third-order valence-electron chi connectivity index (χ3n) is 2.05. The fourth-order valence-electron chi connectivity index (χ4n) is 1.22. The second-order valence-electron chi connectivity index (χ2n) is 3.39. The van der Waals surface area contributed by atoms with Crippen LogP contribution in [0, 0.1) is 6.92 Å². The average molecular weight is 247 g/mol. The summed E-state index contributed by atoms with van der Waals surface area (Å²) in [4.78, 5) is 0. The zero-order valence-corrected chi connectivity index (χ0v) is 10.4. The lowest BCUT2D eigenvalue weighted by atomic mass is 10.2. The maximum Gasteiger partial charge on any atom is 0.0656 e. The summed E-state index contributed by atoms with van der Waals surface area (Å²) < 4.78 is 10.9. The molecule has 0 heterocycles. The van der Waals surface area contributed by atoms with Crippen LogP contribution in [-0.2, 0) is 10.8 Å². The number of benzene rings is 1. The van der Waals surface area contributed by atoms with Gasteiger partial charge in [-0.05, 0) is 24.6 Å². The molecule has 1 unspecified atom stereocenters. The Kier molecular flexibility index (Phi) is 4.42. The normalized spacial score (nSPS) is 12.5. The van der Waals surface area contributed by atoms with Crippen molar-refractivity contribution >= 4 is 33.8 Å². The SMILES string of the molecule is Cc1cc(N)c(Cl)cc1NCCS(C)=O. The average Bonchev–Trinajstić information content (AvgIpc) is 2.13. The molecule has 1 atom stereocenters. The fraction of sp³-hybridized carbons (Fsp3) is 0.400. The number of nitrogens with two attached hydrogens (primary N) is 1. The predicted molar refractivity (Wildman–Crippen MR) is 68.0 cm³/mol. The molecule has 3 N–H and O–H groups in total. The number of nitrogens with one attached hydrogen (secondary N) is 1. The first-order valence-corrected chi connectivity index (χ1v) is 6.70. The molecule has 0 aliphatic rings. The van der Waals surface area contributed by atoms with Gasteiger partial charge in [0.05, 0.1) is 10.7 Å². The molecule has 0 bridgehead atoms. The van der Waals surface area contributed by atoms with Crippen LogP contribution >= 0.6 is 11.6 Å². The summed E-state index contributed by atoms with van der Waals surface area (Å²) in [6, 6.07) is 3.62. The molecule has 0 amide bonds. The van der Waals surface area contributed by atoms with Crippen molar-refractivity contribution in [3.63, 3.8) is 0 Å². The van der Waals surface area contributed by atoms with Gasteiger partial charge in [0, 0.05) is 35.0 Å². The van der Waals surface area contributed by atoms with Gasteiger partial charge in [-0.3, -0.25) is 4.21 Å². The molecular formula is C10H15ClN2OS. The zero-order chi connectivity index (χ0) is 11.4. The van der Waals surface area contributed by atoms with Gasteiger partial charge in [-0.2, -0.15) is 0 Å². The Morgan fingerprint density at radius 3 is 2.80 bits per heavy atom. The van der Waals surface area contributed by atoms with Crippen molar-refractivity contribution in [3.05, 3.63) is 22.7 Å². The van der Waals surface area contributed by atoms with Gasteiger partial charge in [0.1, 0.15) is 0 Å². The minimum atomic E-state index is -0.776. The van der Waals surface area contributed by atoms with Crippen molar-refractivity contribution in [2.45, 2.75) is 6.92 Å². The lowest BCUT2D eigenvalue weighted by Gasteiger charge is -2.10. The van der Waals surface area contributed by atoms with Crippen LogP contribution in [-0.4, -0.2) is 22.8 Å². The minimum absolute atomic E-state index is 0.542. The van der Waals surface area contributed by atoms with Crippen molar-refractivity contribution in [2.24, 2.45) is 0 Å². The quantitative estimate of drug-likeness (QED) is 0.800. The van der Waals surface area contributed by atoms with Crippen LogP contribution in [0.4, 0.5) is 11.4 Å². The number of rotatable bonds is 4. The van der Waals surface area contributed by atoms with E-state index in [0.29, 0.717) is 23.0 Å². The maximum absolute atomic E-state index is 10.9. The summed E-state index contributed by atoms with van der Waals surface area (Å²) in [6.07, 6.45) is 1.69. The van der Waals surface area contributed by atoms with Gasteiger partial charge in [-0.25, -0.2) is 0 Å². The summed E-state index contributed by atoms with van der Waals surface area (Å²) in [7, 11) is -0.776. The van der Waals surface area contributed by atoms with Crippen LogP contribution in [0.15, 0.2) is 12.1 Å². The molecule has 1 rings (SSSR count). The fourth-order valence-corrected chi connectivity index (χ4v) is 1.78. The van der Waals surface area contributed by atoms with E-state index in [9.17, 15) is 4.21 Å². The van der Waals surface area contributed by atoms with Crippen molar-refractivity contribution < 1.29 is 4.21 Å². The van der Waals surface area contributed by atoms with E-state index in [1.54, 1.807) is 12.3 Å². The van der Waals surface area contributed by atoms with E-state index in [2.05, 4.69) is 5.32 Å². The largest absolute Gasteiger partial charge is 0.398 e. The standard InChI is InChI=1S/C10H15ClN2OS/c1-7-5-9(12)8(11)6-10(7)13-3-4-15(2)14/h5-6,13H,3-4,12H2,1-2H3. The highest BCUT2D eigenvalue weighted by Gasteiger charge is 2.03. The molecule has 0 saturated heterocycles. The molecule has 0 aromatic heterocycles. The first-order chi connectivity index (χ1) is 7.00. The summed E-state index contributed by atoms with van der Waals surface area (Å²) in [6.45, 7) is 2.63. The van der Waals surface area contributed by atoms with Gasteiger partial charge in [-0.1, -0.05) is 11.6 Å². The van der Waals surface area contributed by atoms with Gasteiger partial charge in [0.25, 0.3) is 0 Å². The third-order valence-corrected chi connectivity index (χ3v) is 3.16. The van der Waals surface area contributed by atoms with Gasteiger partial charge in [0.2, 0.25) is 0 Å². The molecule has 0 spiro atoms. The van der Waals surface area contributed by atoms with E-state index in [-0.39, 0.29) is 0 Å². The summed E-state index contributed by atoms with van der Waals surface area (Å²) in [5.74, 6) is 0.626. The smallest absolute Gasteiger partial charge is 0.0656 e. The zero-order valence-electron chi connectivity index (χ0n) is 8.84. The van der Waals surface area contributed by atoms with Crippen molar-refractivity contribution in [1.29, 1.82) is 0 Å². The molecule has 15 heavy (non-hydrogen) atoms. The number of aryl methyl sites for hydroxylation is 1. The molecule has 1 aromatic carbocycles. The number of nitrogen functional groups attached to an aromatic ring is 1. The molecule has 0 radical (unpaired) electrons. The first-order valence-electron chi connectivity index (χ1n) is 4.60. The van der Waals surface area contributed by atoms with E-state index in [0.717, 1.165) is 11.3 Å². The molecule has 3 nitrogen and oxygen atoms in total. The van der Waals surface area contributed by atoms with E-state index < -0.39 is 10.8 Å². The lowest BCUT2D eigenvalue weighted by molar-refractivity contribution is 0.687. The van der Waals surface area contributed by atoms with Crippen LogP contribution in [0.3, 0.4) is 0 Å². The lowest BCUT2D eigenvalue weighted by Crippen LogP contribution is -2.10. The van der Waals surface area contributed by atoms with Gasteiger partial charge >= 0.3 is 0 Å². The second-order valence-corrected chi connectivity index (χ2v) is 5.35. The third kappa shape index (κ3) is 3.72. The van der Waals surface area contributed by atoms with Crippen molar-refractivity contribution in [2.75, 3.05) is 29.6 Å². The molecule has 0 fully saturated rings. The Hall–Kier alpha value is -0.740. The molecule has 0 saturated carbocycles. The number of hydrogen-bond donors (Lipinski definition) is 2. The van der Waals surface area contributed by atoms with E-state index in [1.807, 2.05) is 13.0 Å². The Labute approximate surface area is 97.5 Å². The van der Waals surface area contributed by atoms with Crippen LogP contribution in [0.5, 0.6) is 0 Å². The molecular weight excluding hydrogens is 232 g/mol. The number of halogens is 1. The van der Waals surface area contributed by atoms with Gasteiger partial charge < -0.3 is 11.1 Å². The topological polar surface area (TPSA) is 55.1 Å². The Morgan fingerprint density at radius 1 is 1.53 bits per heavy atom. The Morgan fingerprint density at radius 2 is 2.20 bits per heavy atom. The van der Waals surface area contributed by atoms with Crippen LogP contribution < -0.4 is 11.1 Å². The molecule has 0 aliphatic heterocycles. The minimum Gasteiger partial charge on any atom is -0.398 e. The highest BCUT2D eigenvalue weighted by atomic mass is 35.5. The van der Waals surface area contributed by atoms with E-state index in [1.165, 1.54) is 0 Å². The van der Waals surface area contributed by atoms with Crippen LogP contribution in [0.1, 0.15) is 5.56 Å². The Bertz CT molecular complexity index is 382. The summed E-state index contributed by atoms with van der Waals surface area (Å²) in [5, 5.41) is 3.72. The Balaban J connectivity index is 2.69. The van der Waals surface area contributed by atoms with Crippen molar-refractivity contribution in [1.82, 2.24) is 0 Å². The van der Waals surface area contributed by atoms with Gasteiger partial charge in [0.15, 0.2) is 0 Å². The first kappa shape index (κ1) is 12.3. The maximum atomic E-state index is 10.9. The molecule has 84 valence electrons.